The Labute approximate surface area is 161 Å². The topological polar surface area (TPSA) is 92.8 Å². The smallest absolute Gasteiger partial charge is 0.324 e. The van der Waals surface area contributed by atoms with Crippen LogP contribution >= 0.6 is 0 Å². The fourth-order valence-electron chi connectivity index (χ4n) is 3.28. The van der Waals surface area contributed by atoms with Crippen molar-refractivity contribution in [1.82, 2.24) is 9.62 Å². The summed E-state index contributed by atoms with van der Waals surface area (Å²) in [4.78, 5) is 24.5. The predicted molar refractivity (Wildman–Crippen MR) is 102 cm³/mol. The average molecular weight is 397 g/mol. The number of nitrogens with zero attached hydrogens (tertiary/aromatic N) is 1. The molecule has 0 saturated carbocycles. The van der Waals surface area contributed by atoms with Crippen LogP contribution in [0.25, 0.3) is 0 Å². The van der Waals surface area contributed by atoms with E-state index in [9.17, 15) is 18.0 Å². The molecule has 1 amide bonds. The van der Waals surface area contributed by atoms with Crippen molar-refractivity contribution in [3.05, 3.63) is 35.9 Å². The second-order valence-electron chi connectivity index (χ2n) is 7.30. The maximum atomic E-state index is 12.3. The van der Waals surface area contributed by atoms with Gasteiger partial charge in [0, 0.05) is 6.54 Å². The van der Waals surface area contributed by atoms with Gasteiger partial charge < -0.3 is 10.1 Å². The molecule has 1 saturated heterocycles. The van der Waals surface area contributed by atoms with E-state index in [-0.39, 0.29) is 6.04 Å². The molecule has 1 aliphatic heterocycles. The number of carbonyl (C=O) groups is 2. The van der Waals surface area contributed by atoms with Gasteiger partial charge in [0.25, 0.3) is 5.91 Å². The zero-order chi connectivity index (χ0) is 20.0. The first-order valence-corrected chi connectivity index (χ1v) is 11.0. The number of hydrogen-bond acceptors (Lipinski definition) is 5. The molecule has 8 heteroatoms. The lowest BCUT2D eigenvalue weighted by atomic mass is 9.97. The van der Waals surface area contributed by atoms with Crippen molar-refractivity contribution in [2.45, 2.75) is 45.2 Å². The number of esters is 1. The Hall–Kier alpha value is -1.93. The quantitative estimate of drug-likeness (QED) is 0.677. The lowest BCUT2D eigenvalue weighted by Crippen LogP contribution is -2.42. The molecule has 7 nitrogen and oxygen atoms in total. The molecule has 1 aliphatic rings. The molecule has 0 aromatic heterocycles. The minimum absolute atomic E-state index is 0.170. The first kappa shape index (κ1) is 21.4. The number of rotatable bonds is 8. The van der Waals surface area contributed by atoms with E-state index < -0.39 is 34.5 Å². The van der Waals surface area contributed by atoms with Gasteiger partial charge >= 0.3 is 5.97 Å². The predicted octanol–water partition coefficient (Wildman–Crippen LogP) is 1.86. The fourth-order valence-corrected chi connectivity index (χ4v) is 4.39. The van der Waals surface area contributed by atoms with Crippen LogP contribution in [0.3, 0.4) is 0 Å². The van der Waals surface area contributed by atoms with Crippen LogP contribution in [0.5, 0.6) is 0 Å². The van der Waals surface area contributed by atoms with E-state index in [1.165, 1.54) is 0 Å². The van der Waals surface area contributed by atoms with Gasteiger partial charge in [-0.25, -0.2) is 8.42 Å². The van der Waals surface area contributed by atoms with Crippen molar-refractivity contribution in [3.63, 3.8) is 0 Å². The number of nitrogens with one attached hydrogen (secondary N) is 1. The molecule has 2 unspecified atom stereocenters. The van der Waals surface area contributed by atoms with E-state index >= 15 is 0 Å². The Morgan fingerprint density at radius 2 is 1.93 bits per heavy atom. The van der Waals surface area contributed by atoms with E-state index in [1.54, 1.807) is 0 Å². The molecule has 27 heavy (non-hydrogen) atoms. The third kappa shape index (κ3) is 6.32. The maximum absolute atomic E-state index is 12.3. The molecule has 2 rings (SSSR count). The monoisotopic (exact) mass is 396 g/mol. The Bertz CT molecular complexity index is 749. The highest BCUT2D eigenvalue weighted by molar-refractivity contribution is 7.88. The largest absolute Gasteiger partial charge is 0.454 e. The number of carbonyl (C=O) groups excluding carboxylic acids is 2. The zero-order valence-corrected chi connectivity index (χ0v) is 16.9. The van der Waals surface area contributed by atoms with E-state index in [0.717, 1.165) is 22.5 Å². The van der Waals surface area contributed by atoms with Crippen LogP contribution in [-0.4, -0.2) is 50.0 Å². The average Bonchev–Trinajstić information content (AvgIpc) is 3.10. The van der Waals surface area contributed by atoms with Gasteiger partial charge in [-0.2, -0.15) is 4.31 Å². The fraction of sp³-hybridized carbons (Fsp3) is 0.579. The molecule has 2 atom stereocenters. The summed E-state index contributed by atoms with van der Waals surface area (Å²) in [5.41, 5.74) is 0.991. The Morgan fingerprint density at radius 1 is 1.26 bits per heavy atom. The zero-order valence-electron chi connectivity index (χ0n) is 16.1. The molecule has 0 bridgehead atoms. The summed E-state index contributed by atoms with van der Waals surface area (Å²) in [6, 6.07) is 8.62. The molecule has 1 aromatic carbocycles. The highest BCUT2D eigenvalue weighted by Crippen LogP contribution is 2.22. The summed E-state index contributed by atoms with van der Waals surface area (Å²) < 4.78 is 29.7. The van der Waals surface area contributed by atoms with E-state index in [1.807, 2.05) is 30.3 Å². The molecule has 1 N–H and O–H groups in total. The second-order valence-corrected chi connectivity index (χ2v) is 9.23. The maximum Gasteiger partial charge on any atom is 0.324 e. The number of amides is 1. The van der Waals surface area contributed by atoms with Gasteiger partial charge in [0.1, 0.15) is 6.04 Å². The normalized spacial score (nSPS) is 19.0. The van der Waals surface area contributed by atoms with Crippen LogP contribution in [0.15, 0.2) is 30.3 Å². The lowest BCUT2D eigenvalue weighted by molar-refractivity contribution is -0.151. The van der Waals surface area contributed by atoms with E-state index in [4.69, 9.17) is 4.74 Å². The standard InChI is InChI=1S/C19H28N2O5S/c1-14(2)12-16(15-8-5-4-6-9-15)20-18(22)13-26-19(23)17-10-7-11-21(17)27(3,24)25/h4-6,8-9,14,16-17H,7,10-13H2,1-3H3,(H,20,22). The summed E-state index contributed by atoms with van der Waals surface area (Å²) in [5.74, 6) is -0.699. The first-order chi connectivity index (χ1) is 12.7. The molecule has 1 aromatic rings. The molecule has 1 fully saturated rings. The van der Waals surface area contributed by atoms with Crippen molar-refractivity contribution >= 4 is 21.9 Å². The first-order valence-electron chi connectivity index (χ1n) is 9.16. The molecule has 0 radical (unpaired) electrons. The third-order valence-electron chi connectivity index (χ3n) is 4.49. The van der Waals surface area contributed by atoms with Crippen LogP contribution in [0, 0.1) is 5.92 Å². The molecule has 1 heterocycles. The van der Waals surface area contributed by atoms with Gasteiger partial charge in [-0.15, -0.1) is 0 Å². The SMILES string of the molecule is CC(C)CC(NC(=O)COC(=O)C1CCCN1S(C)(=O)=O)c1ccccc1. The van der Waals surface area contributed by atoms with Gasteiger partial charge in [0.2, 0.25) is 10.0 Å². The van der Waals surface area contributed by atoms with Gasteiger partial charge in [0.15, 0.2) is 6.61 Å². The second kappa shape index (κ2) is 9.32. The molecular formula is C19H28N2O5S. The summed E-state index contributed by atoms with van der Waals surface area (Å²) in [6.45, 7) is 4.02. The van der Waals surface area contributed by atoms with Gasteiger partial charge in [-0.1, -0.05) is 44.2 Å². The third-order valence-corrected chi connectivity index (χ3v) is 5.78. The Morgan fingerprint density at radius 3 is 2.52 bits per heavy atom. The summed E-state index contributed by atoms with van der Waals surface area (Å²) in [5, 5.41) is 2.90. The van der Waals surface area contributed by atoms with Crippen molar-refractivity contribution < 1.29 is 22.7 Å². The minimum atomic E-state index is -3.47. The van der Waals surface area contributed by atoms with Gasteiger partial charge in [-0.3, -0.25) is 9.59 Å². The Kier molecular flexibility index (Phi) is 7.38. The minimum Gasteiger partial charge on any atom is -0.454 e. The highest BCUT2D eigenvalue weighted by Gasteiger charge is 2.37. The number of benzene rings is 1. The Balaban J connectivity index is 1.93. The summed E-state index contributed by atoms with van der Waals surface area (Å²) in [7, 11) is -3.47. The van der Waals surface area contributed by atoms with Crippen LogP contribution in [0.2, 0.25) is 0 Å². The molecule has 0 spiro atoms. The number of hydrogen-bond donors (Lipinski definition) is 1. The molecule has 0 aliphatic carbocycles. The number of sulfonamides is 1. The van der Waals surface area contributed by atoms with Crippen LogP contribution < -0.4 is 5.32 Å². The van der Waals surface area contributed by atoms with Crippen LogP contribution in [0.4, 0.5) is 0 Å². The lowest BCUT2D eigenvalue weighted by Gasteiger charge is -2.22. The molecular weight excluding hydrogens is 368 g/mol. The van der Waals surface area contributed by atoms with E-state index in [0.29, 0.717) is 25.3 Å². The van der Waals surface area contributed by atoms with Crippen molar-refractivity contribution in [2.75, 3.05) is 19.4 Å². The van der Waals surface area contributed by atoms with Gasteiger partial charge in [-0.05, 0) is 30.7 Å². The van der Waals surface area contributed by atoms with Crippen molar-refractivity contribution in [2.24, 2.45) is 5.92 Å². The van der Waals surface area contributed by atoms with Crippen LogP contribution in [-0.2, 0) is 24.3 Å². The summed E-state index contributed by atoms with van der Waals surface area (Å²) in [6.07, 6.45) is 2.84. The summed E-state index contributed by atoms with van der Waals surface area (Å²) >= 11 is 0. The van der Waals surface area contributed by atoms with Crippen molar-refractivity contribution in [1.29, 1.82) is 0 Å². The van der Waals surface area contributed by atoms with E-state index in [2.05, 4.69) is 19.2 Å². The van der Waals surface area contributed by atoms with Gasteiger partial charge in [0.05, 0.1) is 12.3 Å². The van der Waals surface area contributed by atoms with Crippen LogP contribution in [0.1, 0.15) is 44.7 Å². The van der Waals surface area contributed by atoms with Crippen molar-refractivity contribution in [3.8, 4) is 0 Å². The molecule has 150 valence electrons. The highest BCUT2D eigenvalue weighted by atomic mass is 32.2. The number of ether oxygens (including phenoxy) is 1.